The Morgan fingerprint density at radius 3 is 2.65 bits per heavy atom. The molecule has 5 heteroatoms. The maximum atomic E-state index is 12.4. The third-order valence-corrected chi connectivity index (χ3v) is 5.28. The summed E-state index contributed by atoms with van der Waals surface area (Å²) in [5.74, 6) is 0.507. The van der Waals surface area contributed by atoms with E-state index in [1.54, 1.807) is 11.3 Å². The van der Waals surface area contributed by atoms with Gasteiger partial charge in [-0.25, -0.2) is 0 Å². The van der Waals surface area contributed by atoms with E-state index < -0.39 is 0 Å². The van der Waals surface area contributed by atoms with Crippen LogP contribution >= 0.6 is 23.7 Å². The highest BCUT2D eigenvalue weighted by atomic mass is 35.5. The zero-order valence-corrected chi connectivity index (χ0v) is 14.7. The number of hydrogen-bond acceptors (Lipinski definition) is 3. The van der Waals surface area contributed by atoms with Gasteiger partial charge in [0.05, 0.1) is 0 Å². The second kappa shape index (κ2) is 8.48. The van der Waals surface area contributed by atoms with Crippen LogP contribution in [0.25, 0.3) is 0 Å². The van der Waals surface area contributed by atoms with E-state index in [0.717, 1.165) is 19.4 Å². The van der Waals surface area contributed by atoms with Gasteiger partial charge in [0, 0.05) is 36.3 Å². The third kappa shape index (κ3) is 4.56. The summed E-state index contributed by atoms with van der Waals surface area (Å²) in [5.41, 5.74) is 7.49. The fourth-order valence-corrected chi connectivity index (χ4v) is 3.86. The predicted octanol–water partition coefficient (Wildman–Crippen LogP) is 3.45. The smallest absolute Gasteiger partial charge is 0.222 e. The summed E-state index contributed by atoms with van der Waals surface area (Å²) in [4.78, 5) is 15.7. The van der Waals surface area contributed by atoms with Crippen LogP contribution in [-0.4, -0.2) is 29.9 Å². The van der Waals surface area contributed by atoms with Gasteiger partial charge in [-0.05, 0) is 29.9 Å². The van der Waals surface area contributed by atoms with Crippen molar-refractivity contribution in [3.8, 4) is 0 Å². The number of carbonyl (C=O) groups is 1. The van der Waals surface area contributed by atoms with Crippen LogP contribution in [0.2, 0.25) is 0 Å². The molecule has 2 heterocycles. The van der Waals surface area contributed by atoms with Gasteiger partial charge in [-0.2, -0.15) is 0 Å². The van der Waals surface area contributed by atoms with Crippen LogP contribution in [0.5, 0.6) is 0 Å². The van der Waals surface area contributed by atoms with Gasteiger partial charge >= 0.3 is 0 Å². The minimum Gasteiger partial charge on any atom is -0.340 e. The van der Waals surface area contributed by atoms with Crippen LogP contribution in [0.1, 0.15) is 29.2 Å². The molecule has 2 aromatic rings. The molecule has 0 spiro atoms. The van der Waals surface area contributed by atoms with E-state index in [-0.39, 0.29) is 30.3 Å². The Morgan fingerprint density at radius 1 is 1.17 bits per heavy atom. The van der Waals surface area contributed by atoms with Crippen molar-refractivity contribution in [2.45, 2.75) is 31.2 Å². The lowest BCUT2D eigenvalue weighted by Crippen LogP contribution is -2.32. The van der Waals surface area contributed by atoms with Crippen molar-refractivity contribution in [3.63, 3.8) is 0 Å². The SMILES string of the molecule is Cl.N[C@@H]1CN(C(=O)CCCc2cccs2)C[C@H]1c1ccccc1. The van der Waals surface area contributed by atoms with Crippen molar-refractivity contribution in [2.24, 2.45) is 5.73 Å². The molecule has 1 aliphatic heterocycles. The molecule has 0 bridgehead atoms. The van der Waals surface area contributed by atoms with Gasteiger partial charge in [-0.1, -0.05) is 36.4 Å². The molecule has 1 amide bonds. The van der Waals surface area contributed by atoms with Crippen LogP contribution in [-0.2, 0) is 11.2 Å². The van der Waals surface area contributed by atoms with E-state index in [4.69, 9.17) is 5.73 Å². The van der Waals surface area contributed by atoms with E-state index in [1.165, 1.54) is 10.4 Å². The molecule has 1 aromatic heterocycles. The Labute approximate surface area is 147 Å². The number of nitrogens with two attached hydrogens (primary N) is 1. The predicted molar refractivity (Wildman–Crippen MR) is 98.2 cm³/mol. The van der Waals surface area contributed by atoms with Crippen molar-refractivity contribution in [2.75, 3.05) is 13.1 Å². The lowest BCUT2D eigenvalue weighted by molar-refractivity contribution is -0.130. The van der Waals surface area contributed by atoms with Gasteiger partial charge in [-0.15, -0.1) is 23.7 Å². The van der Waals surface area contributed by atoms with Crippen molar-refractivity contribution in [3.05, 3.63) is 58.3 Å². The highest BCUT2D eigenvalue weighted by molar-refractivity contribution is 7.09. The average Bonchev–Trinajstić information content (AvgIpc) is 3.17. The molecule has 1 fully saturated rings. The molecule has 124 valence electrons. The summed E-state index contributed by atoms with van der Waals surface area (Å²) in [7, 11) is 0. The maximum Gasteiger partial charge on any atom is 0.222 e. The molecule has 1 aliphatic rings. The first-order chi connectivity index (χ1) is 10.7. The van der Waals surface area contributed by atoms with Crippen LogP contribution in [0.4, 0.5) is 0 Å². The number of nitrogens with zero attached hydrogens (tertiary/aromatic N) is 1. The van der Waals surface area contributed by atoms with Crippen molar-refractivity contribution in [1.82, 2.24) is 4.90 Å². The molecule has 3 nitrogen and oxygen atoms in total. The Bertz CT molecular complexity index is 603. The first-order valence-corrected chi connectivity index (χ1v) is 8.72. The van der Waals surface area contributed by atoms with Crippen LogP contribution in [0.3, 0.4) is 0 Å². The molecule has 0 radical (unpaired) electrons. The quantitative estimate of drug-likeness (QED) is 0.897. The monoisotopic (exact) mass is 350 g/mol. The summed E-state index contributed by atoms with van der Waals surface area (Å²) in [6.45, 7) is 1.43. The Kier molecular flexibility index (Phi) is 6.63. The average molecular weight is 351 g/mol. The number of thiophene rings is 1. The van der Waals surface area contributed by atoms with Gasteiger partial charge in [0.25, 0.3) is 0 Å². The molecule has 2 N–H and O–H groups in total. The van der Waals surface area contributed by atoms with Crippen molar-refractivity contribution < 1.29 is 4.79 Å². The van der Waals surface area contributed by atoms with Crippen LogP contribution in [0.15, 0.2) is 47.8 Å². The zero-order valence-electron chi connectivity index (χ0n) is 13.1. The molecule has 3 rings (SSSR count). The number of hydrogen-bond donors (Lipinski definition) is 1. The number of rotatable bonds is 5. The fraction of sp³-hybridized carbons (Fsp3) is 0.389. The second-order valence-corrected chi connectivity index (χ2v) is 6.94. The number of benzene rings is 1. The van der Waals surface area contributed by atoms with Gasteiger partial charge < -0.3 is 10.6 Å². The summed E-state index contributed by atoms with van der Waals surface area (Å²) >= 11 is 1.76. The Hall–Kier alpha value is -1.36. The number of carbonyl (C=O) groups excluding carboxylic acids is 1. The number of halogens is 1. The van der Waals surface area contributed by atoms with E-state index in [9.17, 15) is 4.79 Å². The molecule has 1 saturated heterocycles. The van der Waals surface area contributed by atoms with E-state index in [0.29, 0.717) is 13.0 Å². The summed E-state index contributed by atoms with van der Waals surface area (Å²) in [6, 6.07) is 14.5. The largest absolute Gasteiger partial charge is 0.340 e. The molecule has 0 unspecified atom stereocenters. The minimum atomic E-state index is 0. The third-order valence-electron chi connectivity index (χ3n) is 4.34. The number of amides is 1. The maximum absolute atomic E-state index is 12.4. The molecular formula is C18H23ClN2OS. The van der Waals surface area contributed by atoms with Gasteiger partial charge in [0.2, 0.25) is 5.91 Å². The topological polar surface area (TPSA) is 46.3 Å². The molecule has 23 heavy (non-hydrogen) atoms. The highest BCUT2D eigenvalue weighted by Crippen LogP contribution is 2.27. The molecule has 0 aliphatic carbocycles. The zero-order chi connectivity index (χ0) is 15.4. The summed E-state index contributed by atoms with van der Waals surface area (Å²) in [5, 5.41) is 2.08. The fourth-order valence-electron chi connectivity index (χ4n) is 3.11. The van der Waals surface area contributed by atoms with Crippen molar-refractivity contribution in [1.29, 1.82) is 0 Å². The minimum absolute atomic E-state index is 0. The lowest BCUT2D eigenvalue weighted by atomic mass is 9.95. The van der Waals surface area contributed by atoms with Crippen LogP contribution < -0.4 is 5.73 Å². The normalized spacial score (nSPS) is 20.3. The Balaban J connectivity index is 0.00000192. The lowest BCUT2D eigenvalue weighted by Gasteiger charge is -2.16. The number of likely N-dealkylation sites (tertiary alicyclic amines) is 1. The van der Waals surface area contributed by atoms with E-state index in [1.807, 2.05) is 23.1 Å². The number of aryl methyl sites for hydroxylation is 1. The van der Waals surface area contributed by atoms with Gasteiger partial charge in [0.1, 0.15) is 0 Å². The molecule has 0 saturated carbocycles. The van der Waals surface area contributed by atoms with Gasteiger partial charge in [-0.3, -0.25) is 4.79 Å². The summed E-state index contributed by atoms with van der Waals surface area (Å²) < 4.78 is 0. The standard InChI is InChI=1S/C18H22N2OS.ClH/c19-17-13-20(12-16(17)14-6-2-1-3-7-14)18(21)10-4-8-15-9-5-11-22-15;/h1-3,5-7,9,11,16-17H,4,8,10,12-13,19H2;1H/t16-,17+;/m0./s1. The Morgan fingerprint density at radius 2 is 1.96 bits per heavy atom. The van der Waals surface area contributed by atoms with Crippen molar-refractivity contribution >= 4 is 29.7 Å². The summed E-state index contributed by atoms with van der Waals surface area (Å²) in [6.07, 6.45) is 2.53. The first kappa shape index (κ1) is 18.0. The van der Waals surface area contributed by atoms with E-state index >= 15 is 0 Å². The molecule has 2 atom stereocenters. The van der Waals surface area contributed by atoms with Crippen LogP contribution in [0, 0.1) is 0 Å². The first-order valence-electron chi connectivity index (χ1n) is 7.84. The molecular weight excluding hydrogens is 328 g/mol. The highest BCUT2D eigenvalue weighted by Gasteiger charge is 2.33. The molecule has 1 aromatic carbocycles. The van der Waals surface area contributed by atoms with Gasteiger partial charge in [0.15, 0.2) is 0 Å². The second-order valence-electron chi connectivity index (χ2n) is 5.91. The van der Waals surface area contributed by atoms with E-state index in [2.05, 4.69) is 29.6 Å².